The van der Waals surface area contributed by atoms with Crippen molar-refractivity contribution >= 4 is 10.9 Å². The van der Waals surface area contributed by atoms with Crippen molar-refractivity contribution in [2.45, 2.75) is 6.92 Å². The molecule has 0 amide bonds. The number of benzene rings is 1. The molecule has 0 saturated carbocycles. The minimum absolute atomic E-state index is 0.925. The van der Waals surface area contributed by atoms with Crippen molar-refractivity contribution in [3.05, 3.63) is 54.5 Å². The van der Waals surface area contributed by atoms with E-state index in [2.05, 4.69) is 34.8 Å². The summed E-state index contributed by atoms with van der Waals surface area (Å²) in [7, 11) is 2.02. The minimum atomic E-state index is 0.925. The molecule has 0 spiro atoms. The van der Waals surface area contributed by atoms with Crippen LogP contribution in [0.5, 0.6) is 0 Å². The number of pyridine rings is 1. The molecular weight excluding hydrogens is 222 g/mol. The Kier molecular flexibility index (Phi) is 2.52. The number of rotatable bonds is 1. The van der Waals surface area contributed by atoms with E-state index in [0.717, 1.165) is 22.3 Å². The number of aryl methyl sites for hydroxylation is 2. The topological polar surface area (TPSA) is 29.7 Å². The van der Waals surface area contributed by atoms with Crippen molar-refractivity contribution in [1.29, 1.82) is 0 Å². The lowest BCUT2D eigenvalue weighted by molar-refractivity contribution is -0.661. The highest BCUT2D eigenvalue weighted by Crippen LogP contribution is 2.19. The summed E-state index contributed by atoms with van der Waals surface area (Å²) in [5, 5.41) is 1.10. The molecule has 0 aliphatic carbocycles. The van der Waals surface area contributed by atoms with E-state index in [9.17, 15) is 0 Å². The quantitative estimate of drug-likeness (QED) is 0.607. The van der Waals surface area contributed by atoms with Crippen molar-refractivity contribution in [2.75, 3.05) is 0 Å². The van der Waals surface area contributed by atoms with E-state index in [1.165, 1.54) is 5.56 Å². The monoisotopic (exact) mass is 236 g/mol. The number of nitrogens with zero attached hydrogens (tertiary/aromatic N) is 3. The van der Waals surface area contributed by atoms with Crippen molar-refractivity contribution < 1.29 is 4.57 Å². The zero-order valence-corrected chi connectivity index (χ0v) is 10.5. The van der Waals surface area contributed by atoms with Crippen molar-refractivity contribution in [3.63, 3.8) is 0 Å². The predicted octanol–water partition coefficient (Wildman–Crippen LogP) is 2.43. The van der Waals surface area contributed by atoms with Gasteiger partial charge in [-0.25, -0.2) is 4.57 Å². The van der Waals surface area contributed by atoms with Crippen LogP contribution in [0.4, 0.5) is 0 Å². The summed E-state index contributed by atoms with van der Waals surface area (Å²) < 4.78 is 2.06. The Hall–Kier alpha value is -2.29. The van der Waals surface area contributed by atoms with Gasteiger partial charge in [-0.2, -0.15) is 0 Å². The van der Waals surface area contributed by atoms with Gasteiger partial charge in [0, 0.05) is 6.20 Å². The Morgan fingerprint density at radius 2 is 1.94 bits per heavy atom. The summed E-state index contributed by atoms with van der Waals surface area (Å²) in [6, 6.07) is 10.3. The van der Waals surface area contributed by atoms with Crippen molar-refractivity contribution in [3.8, 4) is 11.4 Å². The van der Waals surface area contributed by atoms with Gasteiger partial charge in [-0.3, -0.25) is 4.98 Å². The van der Waals surface area contributed by atoms with Gasteiger partial charge in [-0.05, 0) is 29.6 Å². The van der Waals surface area contributed by atoms with E-state index in [0.29, 0.717) is 0 Å². The molecule has 0 N–H and O–H groups in total. The largest absolute Gasteiger partial charge is 0.331 e. The van der Waals surface area contributed by atoms with Crippen LogP contribution in [0.1, 0.15) is 5.56 Å². The summed E-state index contributed by atoms with van der Waals surface area (Å²) in [4.78, 5) is 8.83. The molecule has 3 nitrogen and oxygen atoms in total. The van der Waals surface area contributed by atoms with E-state index in [1.54, 1.807) is 12.4 Å². The fraction of sp³-hybridized carbons (Fsp3) is 0.133. The molecule has 0 bridgehead atoms. The molecule has 0 saturated heterocycles. The summed E-state index contributed by atoms with van der Waals surface area (Å²) in [6.45, 7) is 2.10. The van der Waals surface area contributed by atoms with Gasteiger partial charge in [0.25, 0.3) is 0 Å². The number of hydrogen-bond donors (Lipinski definition) is 0. The number of hydrogen-bond acceptors (Lipinski definition) is 2. The Bertz CT molecular complexity index is 720. The Balaban J connectivity index is 2.30. The first-order valence-electron chi connectivity index (χ1n) is 5.92. The van der Waals surface area contributed by atoms with Crippen molar-refractivity contribution in [1.82, 2.24) is 9.97 Å². The molecule has 0 aliphatic rings. The maximum Gasteiger partial charge on any atom is 0.331 e. The lowest BCUT2D eigenvalue weighted by atomic mass is 10.1. The van der Waals surface area contributed by atoms with E-state index in [1.807, 2.05) is 25.2 Å². The number of fused-ring (bicyclic) bond motifs is 1. The Morgan fingerprint density at radius 1 is 1.11 bits per heavy atom. The van der Waals surface area contributed by atoms with Gasteiger partial charge in [0.15, 0.2) is 0 Å². The van der Waals surface area contributed by atoms with Crippen LogP contribution in [0.25, 0.3) is 22.3 Å². The van der Waals surface area contributed by atoms with Crippen LogP contribution in [-0.2, 0) is 7.05 Å². The molecular formula is C15H14N3+. The van der Waals surface area contributed by atoms with Crippen LogP contribution >= 0.6 is 0 Å². The lowest BCUT2D eigenvalue weighted by Crippen LogP contribution is -2.32. The maximum atomic E-state index is 4.71. The molecule has 0 fully saturated rings. The molecule has 2 aromatic heterocycles. The molecule has 1 aromatic carbocycles. The second-order valence-corrected chi connectivity index (χ2v) is 4.42. The molecule has 3 heteroatoms. The molecule has 3 rings (SSSR count). The average Bonchev–Trinajstić information content (AvgIpc) is 2.39. The molecule has 88 valence electrons. The molecule has 0 unspecified atom stereocenters. The minimum Gasteiger partial charge on any atom is -0.260 e. The van der Waals surface area contributed by atoms with Crippen molar-refractivity contribution in [2.24, 2.45) is 7.05 Å². The molecule has 2 heterocycles. The highest BCUT2D eigenvalue weighted by atomic mass is 15.0. The summed E-state index contributed by atoms with van der Waals surface area (Å²) in [6.07, 6.45) is 5.68. The van der Waals surface area contributed by atoms with Crippen LogP contribution in [-0.4, -0.2) is 9.97 Å². The third-order valence-corrected chi connectivity index (χ3v) is 3.11. The summed E-state index contributed by atoms with van der Waals surface area (Å²) >= 11 is 0. The highest BCUT2D eigenvalue weighted by Gasteiger charge is 2.16. The van der Waals surface area contributed by atoms with Crippen LogP contribution in [0, 0.1) is 6.92 Å². The first kappa shape index (κ1) is 10.8. The fourth-order valence-electron chi connectivity index (χ4n) is 2.14. The normalized spacial score (nSPS) is 10.8. The van der Waals surface area contributed by atoms with E-state index < -0.39 is 0 Å². The van der Waals surface area contributed by atoms with E-state index in [-0.39, 0.29) is 0 Å². The fourth-order valence-corrected chi connectivity index (χ4v) is 2.14. The number of aromatic nitrogens is 3. The molecule has 0 radical (unpaired) electrons. The van der Waals surface area contributed by atoms with Gasteiger partial charge < -0.3 is 0 Å². The van der Waals surface area contributed by atoms with Gasteiger partial charge >= 0.3 is 5.82 Å². The zero-order chi connectivity index (χ0) is 12.5. The highest BCUT2D eigenvalue weighted by molar-refractivity contribution is 5.77. The summed E-state index contributed by atoms with van der Waals surface area (Å²) in [5.74, 6) is 0.966. The molecule has 0 atom stereocenters. The maximum absolute atomic E-state index is 4.71. The van der Waals surface area contributed by atoms with Gasteiger partial charge in [0.1, 0.15) is 6.20 Å². The lowest BCUT2D eigenvalue weighted by Gasteiger charge is -2.03. The average molecular weight is 236 g/mol. The molecule has 0 aliphatic heterocycles. The molecule has 3 aromatic rings. The predicted molar refractivity (Wildman–Crippen MR) is 70.9 cm³/mol. The standard InChI is InChI=1S/C15H14N3/c1-11-5-3-4-6-13(11)15-17-14-9-16-8-7-12(14)10-18(15)2/h3-10H,1-2H3/q+1. The Morgan fingerprint density at radius 3 is 2.78 bits per heavy atom. The first-order valence-corrected chi connectivity index (χ1v) is 5.92. The van der Waals surface area contributed by atoms with Crippen LogP contribution in [0.2, 0.25) is 0 Å². The first-order chi connectivity index (χ1) is 8.75. The van der Waals surface area contributed by atoms with Crippen LogP contribution in [0.15, 0.2) is 48.9 Å². The van der Waals surface area contributed by atoms with Gasteiger partial charge in [0.2, 0.25) is 5.52 Å². The third-order valence-electron chi connectivity index (χ3n) is 3.11. The van der Waals surface area contributed by atoms with E-state index in [4.69, 9.17) is 4.98 Å². The second kappa shape index (κ2) is 4.18. The van der Waals surface area contributed by atoms with Gasteiger partial charge in [-0.15, -0.1) is 0 Å². The van der Waals surface area contributed by atoms with Gasteiger partial charge in [-0.1, -0.05) is 18.2 Å². The van der Waals surface area contributed by atoms with Gasteiger partial charge in [0.05, 0.1) is 24.2 Å². The van der Waals surface area contributed by atoms with Crippen LogP contribution < -0.4 is 4.57 Å². The molecule has 18 heavy (non-hydrogen) atoms. The smallest absolute Gasteiger partial charge is 0.260 e. The Labute approximate surface area is 106 Å². The second-order valence-electron chi connectivity index (χ2n) is 4.42. The summed E-state index contributed by atoms with van der Waals surface area (Å²) in [5.41, 5.74) is 3.31. The third kappa shape index (κ3) is 1.74. The van der Waals surface area contributed by atoms with Crippen LogP contribution in [0.3, 0.4) is 0 Å². The SMILES string of the molecule is Cc1ccccc1-c1nc2cnccc2c[n+]1C. The zero-order valence-electron chi connectivity index (χ0n) is 10.5. The van der Waals surface area contributed by atoms with E-state index >= 15 is 0 Å².